The van der Waals surface area contributed by atoms with Crippen LogP contribution in [0.15, 0.2) is 27.6 Å². The van der Waals surface area contributed by atoms with Crippen LogP contribution in [0.4, 0.5) is 0 Å². The number of aromatic nitrogens is 3. The fourth-order valence-electron chi connectivity index (χ4n) is 4.21. The first-order valence-electron chi connectivity index (χ1n) is 9.13. The van der Waals surface area contributed by atoms with Gasteiger partial charge in [0.2, 0.25) is 0 Å². The Hall–Kier alpha value is -2.31. The molecule has 0 radical (unpaired) electrons. The van der Waals surface area contributed by atoms with E-state index in [0.29, 0.717) is 12.3 Å². The first kappa shape index (κ1) is 16.2. The number of rotatable bonds is 3. The number of carbonyl (C=O) groups is 1. The molecule has 1 saturated heterocycles. The highest BCUT2D eigenvalue weighted by atomic mass is 16.3. The standard InChI is InChI=1S/C18H24N4O3/c1-20-18(24)22(14-7-2-3-8-14)16(19-20)13-6-4-10-21(12-13)17(23)15-9-5-11-25-15/h5,9,11,13-14H,2-4,6-8,10,12H2,1H3. The van der Waals surface area contributed by atoms with Crippen molar-refractivity contribution in [2.24, 2.45) is 7.05 Å². The van der Waals surface area contributed by atoms with Gasteiger partial charge in [0.1, 0.15) is 5.82 Å². The molecule has 0 spiro atoms. The minimum absolute atomic E-state index is 0.0311. The number of carbonyl (C=O) groups excluding carboxylic acids is 1. The van der Waals surface area contributed by atoms with Crippen molar-refractivity contribution in [1.82, 2.24) is 19.2 Å². The topological polar surface area (TPSA) is 73.3 Å². The summed E-state index contributed by atoms with van der Waals surface area (Å²) in [5, 5.41) is 4.54. The molecule has 2 fully saturated rings. The van der Waals surface area contributed by atoms with Crippen LogP contribution in [0.2, 0.25) is 0 Å². The van der Waals surface area contributed by atoms with Gasteiger partial charge < -0.3 is 9.32 Å². The van der Waals surface area contributed by atoms with Gasteiger partial charge in [0.25, 0.3) is 5.91 Å². The minimum atomic E-state index is -0.0830. The third-order valence-corrected chi connectivity index (χ3v) is 5.48. The summed E-state index contributed by atoms with van der Waals surface area (Å²) in [4.78, 5) is 27.0. The van der Waals surface area contributed by atoms with E-state index in [0.717, 1.165) is 38.1 Å². The summed E-state index contributed by atoms with van der Waals surface area (Å²) < 4.78 is 8.60. The SMILES string of the molecule is Cn1nc(C2CCCN(C(=O)c3ccco3)C2)n(C2CCCC2)c1=O. The Balaban J connectivity index is 1.60. The van der Waals surface area contributed by atoms with Crippen molar-refractivity contribution in [1.29, 1.82) is 0 Å². The van der Waals surface area contributed by atoms with Crippen LogP contribution in [-0.4, -0.2) is 38.2 Å². The predicted molar refractivity (Wildman–Crippen MR) is 91.6 cm³/mol. The van der Waals surface area contributed by atoms with Crippen LogP contribution < -0.4 is 5.69 Å². The molecule has 0 aromatic carbocycles. The Labute approximate surface area is 146 Å². The van der Waals surface area contributed by atoms with Crippen LogP contribution in [0.3, 0.4) is 0 Å². The molecule has 1 atom stereocenters. The van der Waals surface area contributed by atoms with Gasteiger partial charge in [-0.2, -0.15) is 5.10 Å². The van der Waals surface area contributed by atoms with Crippen molar-refractivity contribution < 1.29 is 9.21 Å². The number of aryl methyl sites for hydroxylation is 1. The second-order valence-corrected chi connectivity index (χ2v) is 7.14. The van der Waals surface area contributed by atoms with E-state index in [2.05, 4.69) is 5.10 Å². The van der Waals surface area contributed by atoms with Gasteiger partial charge in [0.05, 0.1) is 6.26 Å². The van der Waals surface area contributed by atoms with E-state index >= 15 is 0 Å². The van der Waals surface area contributed by atoms with E-state index < -0.39 is 0 Å². The number of hydrogen-bond acceptors (Lipinski definition) is 4. The van der Waals surface area contributed by atoms with Gasteiger partial charge in [-0.15, -0.1) is 0 Å². The highest BCUT2D eigenvalue weighted by molar-refractivity contribution is 5.91. The average Bonchev–Trinajstić information content (AvgIpc) is 3.37. The van der Waals surface area contributed by atoms with Crippen LogP contribution in [0, 0.1) is 0 Å². The van der Waals surface area contributed by atoms with Gasteiger partial charge in [0.15, 0.2) is 5.76 Å². The van der Waals surface area contributed by atoms with Gasteiger partial charge in [0, 0.05) is 32.1 Å². The molecule has 7 heteroatoms. The van der Waals surface area contributed by atoms with E-state index in [-0.39, 0.29) is 23.6 Å². The first-order chi connectivity index (χ1) is 12.1. The molecular formula is C18H24N4O3. The molecule has 25 heavy (non-hydrogen) atoms. The lowest BCUT2D eigenvalue weighted by atomic mass is 9.96. The molecule has 1 saturated carbocycles. The molecular weight excluding hydrogens is 320 g/mol. The Morgan fingerprint density at radius 1 is 1.24 bits per heavy atom. The van der Waals surface area contributed by atoms with Gasteiger partial charge in [-0.3, -0.25) is 9.36 Å². The van der Waals surface area contributed by atoms with E-state index in [1.54, 1.807) is 19.2 Å². The molecule has 3 heterocycles. The highest BCUT2D eigenvalue weighted by Crippen LogP contribution is 2.33. The second-order valence-electron chi connectivity index (χ2n) is 7.14. The summed E-state index contributed by atoms with van der Waals surface area (Å²) in [5.41, 5.74) is -0.0311. The lowest BCUT2D eigenvalue weighted by Crippen LogP contribution is -2.40. The largest absolute Gasteiger partial charge is 0.459 e. The molecule has 7 nitrogen and oxygen atoms in total. The lowest BCUT2D eigenvalue weighted by Gasteiger charge is -2.32. The molecule has 1 aliphatic carbocycles. The molecule has 4 rings (SSSR count). The number of likely N-dealkylation sites (tertiary alicyclic amines) is 1. The summed E-state index contributed by atoms with van der Waals surface area (Å²) >= 11 is 0. The molecule has 0 bridgehead atoms. The molecule has 2 aromatic rings. The zero-order chi connectivity index (χ0) is 17.4. The number of amides is 1. The third kappa shape index (κ3) is 2.92. The van der Waals surface area contributed by atoms with Crippen molar-refractivity contribution in [3.05, 3.63) is 40.5 Å². The predicted octanol–water partition coefficient (Wildman–Crippen LogP) is 2.31. The maximum Gasteiger partial charge on any atom is 0.345 e. The Bertz CT molecular complexity index is 799. The lowest BCUT2D eigenvalue weighted by molar-refractivity contribution is 0.0670. The van der Waals surface area contributed by atoms with Gasteiger partial charge in [-0.1, -0.05) is 12.8 Å². The Morgan fingerprint density at radius 2 is 2.04 bits per heavy atom. The molecule has 2 aromatic heterocycles. The summed E-state index contributed by atoms with van der Waals surface area (Å²) in [7, 11) is 1.71. The zero-order valence-corrected chi connectivity index (χ0v) is 14.6. The van der Waals surface area contributed by atoms with Gasteiger partial charge >= 0.3 is 5.69 Å². The Morgan fingerprint density at radius 3 is 2.76 bits per heavy atom. The molecule has 1 unspecified atom stereocenters. The van der Waals surface area contributed by atoms with E-state index in [1.807, 2.05) is 9.47 Å². The monoisotopic (exact) mass is 344 g/mol. The number of hydrogen-bond donors (Lipinski definition) is 0. The fraction of sp³-hybridized carbons (Fsp3) is 0.611. The van der Waals surface area contributed by atoms with Crippen LogP contribution in [0.25, 0.3) is 0 Å². The zero-order valence-electron chi connectivity index (χ0n) is 14.6. The first-order valence-corrected chi connectivity index (χ1v) is 9.13. The Kier molecular flexibility index (Phi) is 4.23. The van der Waals surface area contributed by atoms with Crippen molar-refractivity contribution >= 4 is 5.91 Å². The summed E-state index contributed by atoms with van der Waals surface area (Å²) in [6, 6.07) is 3.68. The van der Waals surface area contributed by atoms with Crippen molar-refractivity contribution in [3.8, 4) is 0 Å². The van der Waals surface area contributed by atoms with Gasteiger partial charge in [-0.05, 0) is 37.8 Å². The van der Waals surface area contributed by atoms with Crippen LogP contribution in [-0.2, 0) is 7.05 Å². The maximum absolute atomic E-state index is 12.6. The molecule has 1 aliphatic heterocycles. The summed E-state index contributed by atoms with van der Waals surface area (Å²) in [6.45, 7) is 1.30. The van der Waals surface area contributed by atoms with E-state index in [4.69, 9.17) is 4.42 Å². The van der Waals surface area contributed by atoms with Gasteiger partial charge in [-0.25, -0.2) is 9.48 Å². The number of piperidine rings is 1. The summed E-state index contributed by atoms with van der Waals surface area (Å²) in [6.07, 6.45) is 7.79. The normalized spacial score (nSPS) is 21.8. The number of furan rings is 1. The van der Waals surface area contributed by atoms with Crippen molar-refractivity contribution in [2.45, 2.75) is 50.5 Å². The quantitative estimate of drug-likeness (QED) is 0.856. The molecule has 134 valence electrons. The van der Waals surface area contributed by atoms with Crippen LogP contribution in [0.5, 0.6) is 0 Å². The average molecular weight is 344 g/mol. The molecule has 1 amide bonds. The van der Waals surface area contributed by atoms with Crippen molar-refractivity contribution in [3.63, 3.8) is 0 Å². The van der Waals surface area contributed by atoms with Crippen LogP contribution >= 0.6 is 0 Å². The maximum atomic E-state index is 12.6. The van der Waals surface area contributed by atoms with E-state index in [1.165, 1.54) is 23.8 Å². The van der Waals surface area contributed by atoms with Crippen molar-refractivity contribution in [2.75, 3.05) is 13.1 Å². The minimum Gasteiger partial charge on any atom is -0.459 e. The smallest absolute Gasteiger partial charge is 0.345 e. The van der Waals surface area contributed by atoms with E-state index in [9.17, 15) is 9.59 Å². The van der Waals surface area contributed by atoms with Crippen LogP contribution in [0.1, 0.15) is 66.9 Å². The fourth-order valence-corrected chi connectivity index (χ4v) is 4.21. The second kappa shape index (κ2) is 6.54. The molecule has 0 N–H and O–H groups in total. The summed E-state index contributed by atoms with van der Waals surface area (Å²) in [5.74, 6) is 1.23. The highest BCUT2D eigenvalue weighted by Gasteiger charge is 2.32. The third-order valence-electron chi connectivity index (χ3n) is 5.48. The number of nitrogens with zero attached hydrogens (tertiary/aromatic N) is 4. The molecule has 2 aliphatic rings.